The zero-order valence-corrected chi connectivity index (χ0v) is 15.7. The summed E-state index contributed by atoms with van der Waals surface area (Å²) in [5.41, 5.74) is 1.10. The number of ether oxygens (including phenoxy) is 1. The Bertz CT molecular complexity index is 584. The molecule has 1 heterocycles. The maximum atomic E-state index is 12.0. The van der Waals surface area contributed by atoms with Crippen LogP contribution >= 0.6 is 11.6 Å². The quantitative estimate of drug-likeness (QED) is 0.596. The summed E-state index contributed by atoms with van der Waals surface area (Å²) in [7, 11) is 0. The Kier molecular flexibility index (Phi) is 7.56. The monoisotopic (exact) mass is 366 g/mol. The van der Waals surface area contributed by atoms with Crippen LogP contribution in [0.15, 0.2) is 24.3 Å². The highest BCUT2D eigenvalue weighted by Crippen LogP contribution is 2.16. The first-order valence-corrected chi connectivity index (χ1v) is 9.31. The highest BCUT2D eigenvalue weighted by atomic mass is 35.5. The number of hydrogen-bond acceptors (Lipinski definition) is 3. The maximum absolute atomic E-state index is 12.0. The van der Waals surface area contributed by atoms with Crippen LogP contribution in [0.4, 0.5) is 0 Å². The molecule has 1 aromatic rings. The Hall–Kier alpha value is -1.75. The fourth-order valence-electron chi connectivity index (χ4n) is 2.93. The van der Waals surface area contributed by atoms with Gasteiger partial charge in [-0.3, -0.25) is 9.59 Å². The second-order valence-corrected chi connectivity index (χ2v) is 7.16. The number of halogens is 1. The molecular formula is C19H27ClN2O3. The molecule has 1 fully saturated rings. The largest absolute Gasteiger partial charge is 0.493 e. The minimum Gasteiger partial charge on any atom is -0.493 e. The number of carbonyl (C=O) groups is 2. The molecule has 0 saturated carbocycles. The number of aryl methyl sites for hydroxylation is 1. The zero-order chi connectivity index (χ0) is 18.2. The number of rotatable bonds is 7. The van der Waals surface area contributed by atoms with Crippen molar-refractivity contribution in [1.82, 2.24) is 10.2 Å². The van der Waals surface area contributed by atoms with Crippen molar-refractivity contribution in [1.29, 1.82) is 0 Å². The molecule has 6 heteroatoms. The number of carbonyl (C=O) groups excluding carboxylic acids is 2. The average molecular weight is 367 g/mol. The van der Waals surface area contributed by atoms with Gasteiger partial charge < -0.3 is 15.0 Å². The molecule has 1 unspecified atom stereocenters. The van der Waals surface area contributed by atoms with Crippen molar-refractivity contribution in [3.8, 4) is 5.75 Å². The third-order valence-corrected chi connectivity index (χ3v) is 4.60. The molecule has 138 valence electrons. The second-order valence-electron chi connectivity index (χ2n) is 6.50. The van der Waals surface area contributed by atoms with E-state index in [1.54, 1.807) is 11.8 Å². The highest BCUT2D eigenvalue weighted by molar-refractivity contribution is 6.30. The van der Waals surface area contributed by atoms with Crippen molar-refractivity contribution in [2.24, 2.45) is 0 Å². The Morgan fingerprint density at radius 2 is 2.00 bits per heavy atom. The summed E-state index contributed by atoms with van der Waals surface area (Å²) in [5.74, 6) is 0.886. The van der Waals surface area contributed by atoms with E-state index in [1.165, 1.54) is 0 Å². The lowest BCUT2D eigenvalue weighted by Gasteiger charge is -2.33. The zero-order valence-electron chi connectivity index (χ0n) is 15.0. The lowest BCUT2D eigenvalue weighted by molar-refractivity contribution is -0.131. The SMILES string of the molecule is Cc1ccccc1OCCCC(=O)NC1CCN(C(=O)C(C)Cl)CC1. The van der Waals surface area contributed by atoms with Gasteiger partial charge in [0.2, 0.25) is 11.8 Å². The van der Waals surface area contributed by atoms with Gasteiger partial charge in [0.05, 0.1) is 6.61 Å². The van der Waals surface area contributed by atoms with Gasteiger partial charge in [0.25, 0.3) is 0 Å². The molecule has 0 radical (unpaired) electrons. The summed E-state index contributed by atoms with van der Waals surface area (Å²) in [6, 6.07) is 8.00. The Morgan fingerprint density at radius 3 is 2.64 bits per heavy atom. The van der Waals surface area contributed by atoms with Crippen LogP contribution in [0.1, 0.15) is 38.2 Å². The van der Waals surface area contributed by atoms with Gasteiger partial charge in [-0.2, -0.15) is 0 Å². The number of benzene rings is 1. The molecule has 0 aromatic heterocycles. The van der Waals surface area contributed by atoms with Crippen LogP contribution in [-0.2, 0) is 9.59 Å². The summed E-state index contributed by atoms with van der Waals surface area (Å²) in [5, 5.41) is 2.57. The van der Waals surface area contributed by atoms with E-state index in [4.69, 9.17) is 16.3 Å². The van der Waals surface area contributed by atoms with Gasteiger partial charge in [0.15, 0.2) is 0 Å². The number of alkyl halides is 1. The molecule has 0 aliphatic carbocycles. The van der Waals surface area contributed by atoms with Crippen molar-refractivity contribution < 1.29 is 14.3 Å². The van der Waals surface area contributed by atoms with Crippen molar-refractivity contribution in [3.05, 3.63) is 29.8 Å². The van der Waals surface area contributed by atoms with Crippen molar-refractivity contribution in [3.63, 3.8) is 0 Å². The number of piperidine rings is 1. The lowest BCUT2D eigenvalue weighted by Crippen LogP contribution is -2.48. The number of hydrogen-bond donors (Lipinski definition) is 1. The molecule has 0 bridgehead atoms. The number of nitrogens with zero attached hydrogens (tertiary/aromatic N) is 1. The number of likely N-dealkylation sites (tertiary alicyclic amines) is 1. The van der Waals surface area contributed by atoms with Gasteiger partial charge in [-0.15, -0.1) is 11.6 Å². The smallest absolute Gasteiger partial charge is 0.240 e. The van der Waals surface area contributed by atoms with E-state index in [9.17, 15) is 9.59 Å². The molecule has 5 nitrogen and oxygen atoms in total. The van der Waals surface area contributed by atoms with E-state index in [0.29, 0.717) is 32.5 Å². The first kappa shape index (κ1) is 19.6. The van der Waals surface area contributed by atoms with E-state index >= 15 is 0 Å². The van der Waals surface area contributed by atoms with Gasteiger partial charge in [0, 0.05) is 25.6 Å². The van der Waals surface area contributed by atoms with Crippen LogP contribution in [0.5, 0.6) is 5.75 Å². The summed E-state index contributed by atoms with van der Waals surface area (Å²) in [4.78, 5) is 25.7. The van der Waals surface area contributed by atoms with E-state index in [1.807, 2.05) is 31.2 Å². The van der Waals surface area contributed by atoms with Crippen LogP contribution in [-0.4, -0.2) is 47.8 Å². The molecule has 1 atom stereocenters. The predicted molar refractivity (Wildman–Crippen MR) is 99.0 cm³/mol. The molecule has 0 spiro atoms. The second kappa shape index (κ2) is 9.66. The first-order chi connectivity index (χ1) is 12.0. The molecule has 1 aliphatic rings. The van der Waals surface area contributed by atoms with Gasteiger partial charge >= 0.3 is 0 Å². The number of amides is 2. The van der Waals surface area contributed by atoms with Gasteiger partial charge in [-0.05, 0) is 44.7 Å². The molecule has 1 saturated heterocycles. The fourth-order valence-corrected chi connectivity index (χ4v) is 3.07. The number of nitrogens with one attached hydrogen (secondary N) is 1. The van der Waals surface area contributed by atoms with Gasteiger partial charge in [-0.1, -0.05) is 18.2 Å². The first-order valence-electron chi connectivity index (χ1n) is 8.88. The van der Waals surface area contributed by atoms with Crippen LogP contribution < -0.4 is 10.1 Å². The predicted octanol–water partition coefficient (Wildman–Crippen LogP) is 2.89. The molecule has 25 heavy (non-hydrogen) atoms. The molecule has 1 aromatic carbocycles. The maximum Gasteiger partial charge on any atom is 0.240 e. The molecule has 1 N–H and O–H groups in total. The molecular weight excluding hydrogens is 340 g/mol. The third-order valence-electron chi connectivity index (χ3n) is 4.41. The summed E-state index contributed by atoms with van der Waals surface area (Å²) in [6.45, 7) is 5.52. The number of para-hydroxylation sites is 1. The van der Waals surface area contributed by atoms with E-state index in [0.717, 1.165) is 24.2 Å². The highest BCUT2D eigenvalue weighted by Gasteiger charge is 2.25. The van der Waals surface area contributed by atoms with Gasteiger partial charge in [0.1, 0.15) is 11.1 Å². The fraction of sp³-hybridized carbons (Fsp3) is 0.579. The lowest BCUT2D eigenvalue weighted by atomic mass is 10.0. The van der Waals surface area contributed by atoms with E-state index in [2.05, 4.69) is 5.32 Å². The topological polar surface area (TPSA) is 58.6 Å². The van der Waals surface area contributed by atoms with Gasteiger partial charge in [-0.25, -0.2) is 0 Å². The third kappa shape index (κ3) is 6.24. The van der Waals surface area contributed by atoms with Crippen molar-refractivity contribution in [2.75, 3.05) is 19.7 Å². The summed E-state index contributed by atoms with van der Waals surface area (Å²) >= 11 is 5.83. The Morgan fingerprint density at radius 1 is 1.32 bits per heavy atom. The van der Waals surface area contributed by atoms with Crippen LogP contribution in [0.25, 0.3) is 0 Å². The summed E-state index contributed by atoms with van der Waals surface area (Å²) in [6.07, 6.45) is 2.69. The Labute approximate surface area is 154 Å². The van der Waals surface area contributed by atoms with Crippen LogP contribution in [0.2, 0.25) is 0 Å². The normalized spacial score (nSPS) is 16.4. The molecule has 2 rings (SSSR count). The summed E-state index contributed by atoms with van der Waals surface area (Å²) < 4.78 is 5.70. The molecule has 1 aliphatic heterocycles. The molecule has 2 amide bonds. The van der Waals surface area contributed by atoms with Crippen molar-refractivity contribution >= 4 is 23.4 Å². The average Bonchev–Trinajstić information content (AvgIpc) is 2.60. The van der Waals surface area contributed by atoms with Crippen LogP contribution in [0, 0.1) is 6.92 Å². The Balaban J connectivity index is 1.61. The van der Waals surface area contributed by atoms with E-state index < -0.39 is 5.38 Å². The minimum absolute atomic E-state index is 0.0280. The van der Waals surface area contributed by atoms with Crippen molar-refractivity contribution in [2.45, 2.75) is 50.9 Å². The van der Waals surface area contributed by atoms with E-state index in [-0.39, 0.29) is 17.9 Å². The van der Waals surface area contributed by atoms with Crippen LogP contribution in [0.3, 0.4) is 0 Å². The standard InChI is InChI=1S/C19H27ClN2O3/c1-14-6-3-4-7-17(14)25-13-5-8-18(23)21-16-9-11-22(12-10-16)19(24)15(2)20/h3-4,6-7,15-16H,5,8-13H2,1-2H3,(H,21,23). The minimum atomic E-state index is -0.487.